The molecule has 0 saturated carbocycles. The van der Waals surface area contributed by atoms with E-state index in [-0.39, 0.29) is 23.2 Å². The van der Waals surface area contributed by atoms with E-state index in [0.29, 0.717) is 6.20 Å². The van der Waals surface area contributed by atoms with Crippen molar-refractivity contribution in [1.82, 2.24) is 4.98 Å². The zero-order valence-corrected chi connectivity index (χ0v) is 10.1. The van der Waals surface area contributed by atoms with Crippen LogP contribution in [0.3, 0.4) is 0 Å². The molecule has 0 spiro atoms. The summed E-state index contributed by atoms with van der Waals surface area (Å²) in [6.45, 7) is 0. The van der Waals surface area contributed by atoms with Gasteiger partial charge in [-0.1, -0.05) is 18.2 Å². The van der Waals surface area contributed by atoms with Crippen molar-refractivity contribution in [2.45, 2.75) is 12.6 Å². The quantitative estimate of drug-likeness (QED) is 0.780. The van der Waals surface area contributed by atoms with Gasteiger partial charge in [0.2, 0.25) is 0 Å². The third-order valence-corrected chi connectivity index (χ3v) is 2.71. The van der Waals surface area contributed by atoms with Gasteiger partial charge in [-0.25, -0.2) is 4.39 Å². The molecule has 0 aliphatic heterocycles. The van der Waals surface area contributed by atoms with Crippen LogP contribution in [0.15, 0.2) is 36.5 Å². The summed E-state index contributed by atoms with van der Waals surface area (Å²) in [7, 11) is 0. The minimum atomic E-state index is -4.57. The first-order chi connectivity index (χ1) is 9.43. The summed E-state index contributed by atoms with van der Waals surface area (Å²) in [5.41, 5.74) is -0.876. The number of halogens is 4. The third kappa shape index (κ3) is 2.77. The average molecular weight is 280 g/mol. The van der Waals surface area contributed by atoms with E-state index in [1.807, 2.05) is 0 Å². The molecular formula is C14H8F4N2. The van der Waals surface area contributed by atoms with E-state index in [1.54, 1.807) is 6.07 Å². The standard InChI is InChI=1S/C14H8F4N2/c15-12-4-2-1-3-10(12)11-7-9(14(16,17)18)8-20-13(11)5-6-19/h1-4,7-8H,5H2. The summed E-state index contributed by atoms with van der Waals surface area (Å²) >= 11 is 0. The summed E-state index contributed by atoms with van der Waals surface area (Å²) in [5, 5.41) is 8.68. The van der Waals surface area contributed by atoms with Gasteiger partial charge in [0.15, 0.2) is 0 Å². The van der Waals surface area contributed by atoms with Gasteiger partial charge in [-0.3, -0.25) is 4.98 Å². The smallest absolute Gasteiger partial charge is 0.259 e. The summed E-state index contributed by atoms with van der Waals surface area (Å²) < 4.78 is 51.8. The number of alkyl halides is 3. The van der Waals surface area contributed by atoms with E-state index in [0.717, 1.165) is 12.1 Å². The maximum absolute atomic E-state index is 13.7. The van der Waals surface area contributed by atoms with Crippen LogP contribution in [0, 0.1) is 17.1 Å². The third-order valence-electron chi connectivity index (χ3n) is 2.71. The van der Waals surface area contributed by atoms with Gasteiger partial charge in [0.1, 0.15) is 5.82 Å². The Morgan fingerprint density at radius 3 is 2.45 bits per heavy atom. The lowest BCUT2D eigenvalue weighted by Crippen LogP contribution is -2.07. The highest BCUT2D eigenvalue weighted by Gasteiger charge is 2.32. The van der Waals surface area contributed by atoms with Crippen LogP contribution in [0.1, 0.15) is 11.3 Å². The topological polar surface area (TPSA) is 36.7 Å². The molecule has 0 aliphatic rings. The minimum Gasteiger partial charge on any atom is -0.259 e. The predicted octanol–water partition coefficient (Wildman–Crippen LogP) is 3.97. The van der Waals surface area contributed by atoms with E-state index in [4.69, 9.17) is 5.26 Å². The number of rotatable bonds is 2. The lowest BCUT2D eigenvalue weighted by molar-refractivity contribution is -0.137. The van der Waals surface area contributed by atoms with Gasteiger partial charge >= 0.3 is 6.18 Å². The number of pyridine rings is 1. The predicted molar refractivity (Wildman–Crippen MR) is 64.0 cm³/mol. The summed E-state index contributed by atoms with van der Waals surface area (Å²) in [6, 6.07) is 8.07. The Labute approximate surface area is 112 Å². The molecule has 2 aromatic rings. The molecule has 0 unspecified atom stereocenters. The van der Waals surface area contributed by atoms with Crippen LogP contribution in [-0.2, 0) is 12.6 Å². The molecule has 1 aromatic heterocycles. The molecule has 0 bridgehead atoms. The van der Waals surface area contributed by atoms with Crippen LogP contribution >= 0.6 is 0 Å². The van der Waals surface area contributed by atoms with Crippen molar-refractivity contribution in [3.05, 3.63) is 53.6 Å². The van der Waals surface area contributed by atoms with Gasteiger partial charge in [0, 0.05) is 17.3 Å². The molecule has 0 saturated heterocycles. The summed E-state index contributed by atoms with van der Waals surface area (Å²) in [4.78, 5) is 3.64. The Kier molecular flexibility index (Phi) is 3.70. The summed E-state index contributed by atoms with van der Waals surface area (Å²) in [5.74, 6) is -0.659. The SMILES string of the molecule is N#CCc1ncc(C(F)(F)F)cc1-c1ccccc1F. The Morgan fingerprint density at radius 1 is 1.15 bits per heavy atom. The molecule has 2 rings (SSSR count). The Bertz CT molecular complexity index is 672. The molecular weight excluding hydrogens is 272 g/mol. The zero-order valence-electron chi connectivity index (χ0n) is 10.1. The first-order valence-corrected chi connectivity index (χ1v) is 5.61. The first-order valence-electron chi connectivity index (χ1n) is 5.61. The summed E-state index contributed by atoms with van der Waals surface area (Å²) in [6.07, 6.45) is -4.11. The molecule has 20 heavy (non-hydrogen) atoms. The molecule has 102 valence electrons. The van der Waals surface area contributed by atoms with E-state index < -0.39 is 17.6 Å². The number of aromatic nitrogens is 1. The number of nitriles is 1. The van der Waals surface area contributed by atoms with Crippen molar-refractivity contribution in [3.8, 4) is 17.2 Å². The molecule has 1 aromatic carbocycles. The molecule has 2 nitrogen and oxygen atoms in total. The van der Waals surface area contributed by atoms with Crippen molar-refractivity contribution in [1.29, 1.82) is 5.26 Å². The Morgan fingerprint density at radius 2 is 1.85 bits per heavy atom. The molecule has 1 heterocycles. The number of benzene rings is 1. The lowest BCUT2D eigenvalue weighted by atomic mass is 10.00. The average Bonchev–Trinajstić information content (AvgIpc) is 2.39. The number of nitrogens with zero attached hydrogens (tertiary/aromatic N) is 2. The first kappa shape index (κ1) is 14.0. The molecule has 6 heteroatoms. The van der Waals surface area contributed by atoms with Gasteiger partial charge < -0.3 is 0 Å². The normalized spacial score (nSPS) is 11.2. The van der Waals surface area contributed by atoms with E-state index in [1.165, 1.54) is 18.2 Å². The van der Waals surface area contributed by atoms with Crippen LogP contribution in [0.25, 0.3) is 11.1 Å². The minimum absolute atomic E-state index is 0.00338. The van der Waals surface area contributed by atoms with Crippen molar-refractivity contribution in [2.24, 2.45) is 0 Å². The lowest BCUT2D eigenvalue weighted by Gasteiger charge is -2.12. The van der Waals surface area contributed by atoms with Gasteiger partial charge in [0.05, 0.1) is 23.7 Å². The fourth-order valence-electron chi connectivity index (χ4n) is 1.78. The van der Waals surface area contributed by atoms with Crippen molar-refractivity contribution < 1.29 is 17.6 Å². The molecule has 0 amide bonds. The van der Waals surface area contributed by atoms with Crippen LogP contribution in [0.2, 0.25) is 0 Å². The van der Waals surface area contributed by atoms with Crippen molar-refractivity contribution in [3.63, 3.8) is 0 Å². The van der Waals surface area contributed by atoms with E-state index >= 15 is 0 Å². The second kappa shape index (κ2) is 5.29. The van der Waals surface area contributed by atoms with Gasteiger partial charge in [-0.2, -0.15) is 18.4 Å². The molecule has 0 fully saturated rings. The maximum Gasteiger partial charge on any atom is 0.417 e. The molecule has 0 radical (unpaired) electrons. The second-order valence-corrected chi connectivity index (χ2v) is 4.03. The fourth-order valence-corrected chi connectivity index (χ4v) is 1.78. The monoisotopic (exact) mass is 280 g/mol. The molecule has 0 N–H and O–H groups in total. The fraction of sp³-hybridized carbons (Fsp3) is 0.143. The van der Waals surface area contributed by atoms with E-state index in [2.05, 4.69) is 4.98 Å². The van der Waals surface area contributed by atoms with Crippen molar-refractivity contribution >= 4 is 0 Å². The van der Waals surface area contributed by atoms with Crippen molar-refractivity contribution in [2.75, 3.05) is 0 Å². The zero-order chi connectivity index (χ0) is 14.8. The number of hydrogen-bond donors (Lipinski definition) is 0. The molecule has 0 aliphatic carbocycles. The van der Waals surface area contributed by atoms with Crippen LogP contribution in [0.5, 0.6) is 0 Å². The van der Waals surface area contributed by atoms with Crippen LogP contribution in [-0.4, -0.2) is 4.98 Å². The van der Waals surface area contributed by atoms with Gasteiger partial charge in [-0.15, -0.1) is 0 Å². The van der Waals surface area contributed by atoms with E-state index in [9.17, 15) is 17.6 Å². The van der Waals surface area contributed by atoms with Crippen LogP contribution < -0.4 is 0 Å². The highest BCUT2D eigenvalue weighted by Crippen LogP contribution is 2.33. The van der Waals surface area contributed by atoms with Crippen LogP contribution in [0.4, 0.5) is 17.6 Å². The largest absolute Gasteiger partial charge is 0.417 e. The Balaban J connectivity index is 2.65. The van der Waals surface area contributed by atoms with Gasteiger partial charge in [0.25, 0.3) is 0 Å². The molecule has 0 atom stereocenters. The maximum atomic E-state index is 13.7. The van der Waals surface area contributed by atoms with Gasteiger partial charge in [-0.05, 0) is 12.1 Å². The highest BCUT2D eigenvalue weighted by atomic mass is 19.4. The number of hydrogen-bond acceptors (Lipinski definition) is 2. The highest BCUT2D eigenvalue weighted by molar-refractivity contribution is 5.67. The second-order valence-electron chi connectivity index (χ2n) is 4.03. The Hall–Kier alpha value is -2.42.